The molecule has 2 aliphatic carbocycles. The molecule has 1 aromatic rings. The highest BCUT2D eigenvalue weighted by Gasteiger charge is 2.54. The molecule has 116 valence electrons. The van der Waals surface area contributed by atoms with Crippen LogP contribution >= 0.6 is 15.9 Å². The van der Waals surface area contributed by atoms with Crippen LogP contribution in [0, 0.1) is 5.41 Å². The van der Waals surface area contributed by atoms with Gasteiger partial charge in [-0.25, -0.2) is 0 Å². The zero-order valence-corrected chi connectivity index (χ0v) is 14.4. The van der Waals surface area contributed by atoms with E-state index in [4.69, 9.17) is 9.47 Å². The summed E-state index contributed by atoms with van der Waals surface area (Å²) in [6, 6.07) is 8.08. The molecule has 0 amide bonds. The molecule has 0 N–H and O–H groups in total. The fraction of sp³-hybridized carbons (Fsp3) is 0.667. The molecule has 2 unspecified atom stereocenters. The highest BCUT2D eigenvalue weighted by atomic mass is 79.9. The Kier molecular flexibility index (Phi) is 4.78. The van der Waals surface area contributed by atoms with Gasteiger partial charge in [0.05, 0.1) is 6.61 Å². The molecule has 0 radical (unpaired) electrons. The number of hydrogen-bond donors (Lipinski definition) is 0. The van der Waals surface area contributed by atoms with Crippen LogP contribution in [0.25, 0.3) is 0 Å². The molecule has 2 saturated carbocycles. The summed E-state index contributed by atoms with van der Waals surface area (Å²) in [7, 11) is 0. The van der Waals surface area contributed by atoms with E-state index in [9.17, 15) is 0 Å². The molecular weight excluding hydrogens is 328 g/mol. The minimum Gasteiger partial charge on any atom is -0.494 e. The van der Waals surface area contributed by atoms with Gasteiger partial charge in [-0.2, -0.15) is 0 Å². The molecule has 0 aliphatic heterocycles. The maximum absolute atomic E-state index is 6.32. The summed E-state index contributed by atoms with van der Waals surface area (Å²) in [6.45, 7) is 2.71. The number of ether oxygens (including phenoxy) is 2. The zero-order valence-electron chi connectivity index (χ0n) is 12.8. The second kappa shape index (κ2) is 6.60. The number of benzene rings is 1. The molecule has 3 heteroatoms. The molecular formula is C18H25BrO2. The van der Waals surface area contributed by atoms with Crippen molar-refractivity contribution >= 4 is 15.9 Å². The van der Waals surface area contributed by atoms with Crippen molar-refractivity contribution in [2.24, 2.45) is 5.41 Å². The molecule has 3 rings (SSSR count). The van der Waals surface area contributed by atoms with Crippen LogP contribution in [0.1, 0.15) is 51.9 Å². The lowest BCUT2D eigenvalue weighted by atomic mass is 9.61. The average molecular weight is 353 g/mol. The quantitative estimate of drug-likeness (QED) is 0.680. The van der Waals surface area contributed by atoms with Gasteiger partial charge in [-0.1, -0.05) is 41.6 Å². The number of alkyl halides is 1. The topological polar surface area (TPSA) is 18.5 Å². The lowest BCUT2D eigenvalue weighted by Gasteiger charge is -2.53. The van der Waals surface area contributed by atoms with E-state index in [0.717, 1.165) is 17.9 Å². The number of halogens is 1. The zero-order chi connectivity index (χ0) is 14.7. The van der Waals surface area contributed by atoms with E-state index in [1.165, 1.54) is 38.5 Å². The van der Waals surface area contributed by atoms with E-state index in [1.54, 1.807) is 0 Å². The molecule has 2 fully saturated rings. The first-order valence-electron chi connectivity index (χ1n) is 8.28. The van der Waals surface area contributed by atoms with Crippen LogP contribution in [0.2, 0.25) is 0 Å². The van der Waals surface area contributed by atoms with E-state index < -0.39 is 0 Å². The molecule has 0 heterocycles. The standard InChI is InChI=1S/C18H25BrO2/c1-2-20-14-7-9-15(10-8-14)21-17-13-16(19)18(17)11-5-3-4-6-12-18/h7-10,16-17H,2-6,11-13H2,1H3. The summed E-state index contributed by atoms with van der Waals surface area (Å²) < 4.78 is 11.8. The molecule has 0 aromatic heterocycles. The monoisotopic (exact) mass is 352 g/mol. The Balaban J connectivity index is 1.66. The van der Waals surface area contributed by atoms with E-state index in [0.29, 0.717) is 23.0 Å². The molecule has 2 atom stereocenters. The van der Waals surface area contributed by atoms with Crippen molar-refractivity contribution in [3.8, 4) is 11.5 Å². The molecule has 2 nitrogen and oxygen atoms in total. The summed E-state index contributed by atoms with van der Waals surface area (Å²) in [5, 5.41) is 0. The molecule has 1 aromatic carbocycles. The fourth-order valence-electron chi connectivity index (χ4n) is 3.83. The van der Waals surface area contributed by atoms with Crippen LogP contribution in [0.3, 0.4) is 0 Å². The summed E-state index contributed by atoms with van der Waals surface area (Å²) in [5.41, 5.74) is 0.370. The van der Waals surface area contributed by atoms with Crippen molar-refractivity contribution in [2.45, 2.75) is 62.8 Å². The van der Waals surface area contributed by atoms with Gasteiger partial charge in [-0.05, 0) is 50.5 Å². The van der Waals surface area contributed by atoms with Crippen LogP contribution in [0.4, 0.5) is 0 Å². The van der Waals surface area contributed by atoms with E-state index >= 15 is 0 Å². The van der Waals surface area contributed by atoms with Crippen molar-refractivity contribution in [3.05, 3.63) is 24.3 Å². The van der Waals surface area contributed by atoms with Crippen molar-refractivity contribution < 1.29 is 9.47 Å². The van der Waals surface area contributed by atoms with Gasteiger partial charge in [0.2, 0.25) is 0 Å². The van der Waals surface area contributed by atoms with Crippen molar-refractivity contribution in [2.75, 3.05) is 6.61 Å². The van der Waals surface area contributed by atoms with Crippen molar-refractivity contribution in [1.82, 2.24) is 0 Å². The maximum Gasteiger partial charge on any atom is 0.120 e. The third-order valence-corrected chi connectivity index (χ3v) is 6.42. The fourth-order valence-corrected chi connectivity index (χ4v) is 4.92. The Hall–Kier alpha value is -0.700. The van der Waals surface area contributed by atoms with Crippen LogP contribution < -0.4 is 9.47 Å². The summed E-state index contributed by atoms with van der Waals surface area (Å²) >= 11 is 3.90. The normalized spacial score (nSPS) is 27.7. The van der Waals surface area contributed by atoms with Gasteiger partial charge in [-0.15, -0.1) is 0 Å². The SMILES string of the molecule is CCOc1ccc(OC2CC(Br)C23CCCCCC3)cc1. The minimum atomic E-state index is 0.370. The van der Waals surface area contributed by atoms with E-state index in [-0.39, 0.29) is 0 Å². The van der Waals surface area contributed by atoms with Crippen LogP contribution in [-0.2, 0) is 0 Å². The van der Waals surface area contributed by atoms with Gasteiger partial charge in [0.15, 0.2) is 0 Å². The smallest absolute Gasteiger partial charge is 0.120 e. The van der Waals surface area contributed by atoms with Gasteiger partial charge in [0.25, 0.3) is 0 Å². The maximum atomic E-state index is 6.32. The van der Waals surface area contributed by atoms with Crippen LogP contribution in [-0.4, -0.2) is 17.5 Å². The second-order valence-electron chi connectivity index (χ2n) is 6.36. The molecule has 2 aliphatic rings. The van der Waals surface area contributed by atoms with Gasteiger partial charge in [-0.3, -0.25) is 0 Å². The first-order valence-corrected chi connectivity index (χ1v) is 9.20. The molecule has 1 spiro atoms. The Morgan fingerprint density at radius 2 is 1.67 bits per heavy atom. The lowest BCUT2D eigenvalue weighted by molar-refractivity contribution is -0.0462. The Morgan fingerprint density at radius 3 is 2.24 bits per heavy atom. The predicted molar refractivity (Wildman–Crippen MR) is 89.5 cm³/mol. The average Bonchev–Trinajstić information content (AvgIpc) is 2.77. The van der Waals surface area contributed by atoms with Gasteiger partial charge >= 0.3 is 0 Å². The van der Waals surface area contributed by atoms with Gasteiger partial charge in [0.1, 0.15) is 17.6 Å². The Morgan fingerprint density at radius 1 is 1.05 bits per heavy atom. The highest BCUT2D eigenvalue weighted by Crippen LogP contribution is 2.55. The highest BCUT2D eigenvalue weighted by molar-refractivity contribution is 9.09. The lowest BCUT2D eigenvalue weighted by Crippen LogP contribution is -2.56. The molecule has 0 bridgehead atoms. The van der Waals surface area contributed by atoms with Crippen molar-refractivity contribution in [1.29, 1.82) is 0 Å². The number of rotatable bonds is 4. The Labute approximate surface area is 136 Å². The van der Waals surface area contributed by atoms with E-state index in [1.807, 2.05) is 31.2 Å². The molecule has 0 saturated heterocycles. The third kappa shape index (κ3) is 3.08. The first kappa shape index (κ1) is 15.2. The van der Waals surface area contributed by atoms with E-state index in [2.05, 4.69) is 15.9 Å². The molecule has 21 heavy (non-hydrogen) atoms. The van der Waals surface area contributed by atoms with Crippen LogP contribution in [0.15, 0.2) is 24.3 Å². The summed E-state index contributed by atoms with van der Waals surface area (Å²) in [5.74, 6) is 1.90. The summed E-state index contributed by atoms with van der Waals surface area (Å²) in [4.78, 5) is 0.635. The largest absolute Gasteiger partial charge is 0.494 e. The number of hydrogen-bond acceptors (Lipinski definition) is 2. The van der Waals surface area contributed by atoms with Gasteiger partial charge < -0.3 is 9.47 Å². The predicted octanol–water partition coefficient (Wildman–Crippen LogP) is 5.34. The summed E-state index contributed by atoms with van der Waals surface area (Å²) in [6.07, 6.45) is 9.60. The third-order valence-electron chi connectivity index (χ3n) is 5.13. The Bertz CT molecular complexity index is 449. The van der Waals surface area contributed by atoms with Crippen LogP contribution in [0.5, 0.6) is 11.5 Å². The second-order valence-corrected chi connectivity index (χ2v) is 7.47. The first-order chi connectivity index (χ1) is 10.2. The van der Waals surface area contributed by atoms with Crippen molar-refractivity contribution in [3.63, 3.8) is 0 Å². The van der Waals surface area contributed by atoms with Gasteiger partial charge in [0, 0.05) is 10.2 Å². The minimum absolute atomic E-state index is 0.370.